The van der Waals surface area contributed by atoms with Crippen LogP contribution in [-0.4, -0.2) is 32.9 Å². The van der Waals surface area contributed by atoms with Gasteiger partial charge < -0.3 is 24.9 Å². The third-order valence-electron chi connectivity index (χ3n) is 6.61. The van der Waals surface area contributed by atoms with Gasteiger partial charge in [-0.25, -0.2) is 0 Å². The molecule has 5 nitrogen and oxygen atoms in total. The monoisotopic (exact) mass is 412 g/mol. The molecule has 1 aliphatic rings. The van der Waals surface area contributed by atoms with Crippen molar-refractivity contribution in [1.29, 1.82) is 0 Å². The Morgan fingerprint density at radius 1 is 1.10 bits per heavy atom. The maximum Gasteiger partial charge on any atom is 0.197 e. The van der Waals surface area contributed by atoms with Crippen molar-refractivity contribution in [3.63, 3.8) is 0 Å². The number of aromatic nitrogens is 2. The van der Waals surface area contributed by atoms with Crippen LogP contribution in [0, 0.1) is 0 Å². The van der Waals surface area contributed by atoms with Gasteiger partial charge in [0.05, 0.1) is 23.6 Å². The van der Waals surface area contributed by atoms with Crippen molar-refractivity contribution in [2.75, 3.05) is 6.61 Å². The first-order valence-electron chi connectivity index (χ1n) is 10.8. The van der Waals surface area contributed by atoms with Gasteiger partial charge in [-0.1, -0.05) is 30.3 Å². The summed E-state index contributed by atoms with van der Waals surface area (Å²) in [5.74, 6) is -0.00243. The lowest BCUT2D eigenvalue weighted by molar-refractivity contribution is 0.134. The van der Waals surface area contributed by atoms with Crippen LogP contribution in [0.1, 0.15) is 36.5 Å². The fraction of sp³-hybridized carbons (Fsp3) is 0.231. The lowest BCUT2D eigenvalue weighted by Crippen LogP contribution is -2.13. The van der Waals surface area contributed by atoms with Gasteiger partial charge in [-0.2, -0.15) is 0 Å². The zero-order valence-electron chi connectivity index (χ0n) is 17.5. The molecule has 6 rings (SSSR count). The number of aromatic amines is 2. The summed E-state index contributed by atoms with van der Waals surface area (Å²) in [6.07, 6.45) is 1.32. The van der Waals surface area contributed by atoms with Crippen molar-refractivity contribution in [3.8, 4) is 17.0 Å². The molecule has 2 atom stereocenters. The summed E-state index contributed by atoms with van der Waals surface area (Å²) in [5, 5.41) is 25.6. The number of fused-ring (bicyclic) bond motifs is 10. The van der Waals surface area contributed by atoms with Gasteiger partial charge in [-0.3, -0.25) is 0 Å². The van der Waals surface area contributed by atoms with Crippen LogP contribution in [0.5, 0.6) is 5.88 Å². The Hall–Kier alpha value is -3.28. The maximum absolute atomic E-state index is 10.8. The van der Waals surface area contributed by atoms with Gasteiger partial charge in [0.2, 0.25) is 0 Å². The number of aliphatic hydroxyl groups is 1. The van der Waals surface area contributed by atoms with Gasteiger partial charge in [-0.15, -0.1) is 0 Å². The highest BCUT2D eigenvalue weighted by atomic mass is 16.5. The normalized spacial score (nSPS) is 16.3. The van der Waals surface area contributed by atoms with Crippen LogP contribution in [0.3, 0.4) is 0 Å². The standard InChI is InChI=1S/C26H24N2O3/c1-3-31-12-14-8-9-19-17(10-14)21-18-11-27-26(30)23(18)22-16-7-5-4-6-15(16)20(13(2)29)24(22)25(21)28-19/h4-11,13,20,27-30H,3,12H2,1-2H3. The summed E-state index contributed by atoms with van der Waals surface area (Å²) >= 11 is 0. The minimum absolute atomic E-state index is 0.161. The quantitative estimate of drug-likeness (QED) is 0.313. The Labute approximate surface area is 179 Å². The largest absolute Gasteiger partial charge is 0.494 e. The fourth-order valence-electron chi connectivity index (χ4n) is 5.40. The van der Waals surface area contributed by atoms with Crippen molar-refractivity contribution in [3.05, 3.63) is 65.4 Å². The summed E-state index contributed by atoms with van der Waals surface area (Å²) < 4.78 is 5.62. The number of ether oxygens (including phenoxy) is 1. The first kappa shape index (κ1) is 18.5. The van der Waals surface area contributed by atoms with Gasteiger partial charge in [-0.05, 0) is 48.2 Å². The molecule has 0 saturated carbocycles. The highest BCUT2D eigenvalue weighted by molar-refractivity contribution is 6.26. The molecule has 0 spiro atoms. The van der Waals surface area contributed by atoms with E-state index >= 15 is 0 Å². The van der Waals surface area contributed by atoms with Crippen molar-refractivity contribution < 1.29 is 14.9 Å². The van der Waals surface area contributed by atoms with Crippen LogP contribution in [0.4, 0.5) is 0 Å². The zero-order chi connectivity index (χ0) is 21.3. The molecule has 4 N–H and O–H groups in total. The van der Waals surface area contributed by atoms with Crippen LogP contribution in [0.2, 0.25) is 0 Å². The number of aliphatic hydroxyl groups excluding tert-OH is 1. The molecular formula is C26H24N2O3. The molecule has 2 unspecified atom stereocenters. The highest BCUT2D eigenvalue weighted by Gasteiger charge is 2.37. The Kier molecular flexibility index (Phi) is 3.94. The van der Waals surface area contributed by atoms with E-state index in [1.807, 2.05) is 32.2 Å². The molecule has 31 heavy (non-hydrogen) atoms. The lowest BCUT2D eigenvalue weighted by atomic mass is 9.89. The van der Waals surface area contributed by atoms with E-state index < -0.39 is 6.10 Å². The summed E-state index contributed by atoms with van der Waals surface area (Å²) in [4.78, 5) is 6.67. The number of H-pyrrole nitrogens is 2. The molecule has 5 heteroatoms. The van der Waals surface area contributed by atoms with Gasteiger partial charge in [0.1, 0.15) is 0 Å². The molecule has 1 aliphatic carbocycles. The summed E-state index contributed by atoms with van der Waals surface area (Å²) in [6.45, 7) is 5.07. The summed E-state index contributed by atoms with van der Waals surface area (Å²) in [5.41, 5.74) is 7.38. The molecule has 0 aliphatic heterocycles. The number of rotatable bonds is 4. The summed E-state index contributed by atoms with van der Waals surface area (Å²) in [7, 11) is 0. The number of benzene rings is 3. The summed E-state index contributed by atoms with van der Waals surface area (Å²) in [6, 6.07) is 14.5. The topological polar surface area (TPSA) is 81.3 Å². The first-order valence-corrected chi connectivity index (χ1v) is 10.8. The second-order valence-corrected chi connectivity index (χ2v) is 8.41. The zero-order valence-corrected chi connectivity index (χ0v) is 17.5. The molecule has 0 fully saturated rings. The Balaban J connectivity index is 1.79. The average molecular weight is 412 g/mol. The lowest BCUT2D eigenvalue weighted by Gasteiger charge is -2.18. The number of hydrogen-bond donors (Lipinski definition) is 4. The second kappa shape index (κ2) is 6.61. The Morgan fingerprint density at radius 3 is 2.74 bits per heavy atom. The highest BCUT2D eigenvalue weighted by Crippen LogP contribution is 2.55. The van der Waals surface area contributed by atoms with Gasteiger partial charge >= 0.3 is 0 Å². The van der Waals surface area contributed by atoms with Gasteiger partial charge in [0.25, 0.3) is 0 Å². The maximum atomic E-state index is 10.8. The molecule has 3 aromatic carbocycles. The molecule has 0 saturated heterocycles. The third kappa shape index (κ3) is 2.44. The predicted molar refractivity (Wildman–Crippen MR) is 124 cm³/mol. The van der Waals surface area contributed by atoms with E-state index in [0.29, 0.717) is 13.2 Å². The SMILES string of the molecule is CCOCc1ccc2[nH]c3c4c(c5c(O)[nH]cc5c3c2c1)-c1ccccc1C4C(C)O. The van der Waals surface area contributed by atoms with Gasteiger partial charge in [0.15, 0.2) is 5.88 Å². The second-order valence-electron chi connectivity index (χ2n) is 8.41. The minimum Gasteiger partial charge on any atom is -0.494 e. The number of aromatic hydroxyl groups is 1. The molecule has 0 radical (unpaired) electrons. The number of hydrogen-bond acceptors (Lipinski definition) is 3. The van der Waals surface area contributed by atoms with E-state index in [9.17, 15) is 10.2 Å². The van der Waals surface area contributed by atoms with E-state index in [-0.39, 0.29) is 11.8 Å². The van der Waals surface area contributed by atoms with E-state index in [4.69, 9.17) is 4.74 Å². The van der Waals surface area contributed by atoms with Crippen LogP contribution >= 0.6 is 0 Å². The predicted octanol–water partition coefficient (Wildman–Crippen LogP) is 5.54. The molecule has 2 aromatic heterocycles. The van der Waals surface area contributed by atoms with E-state index in [1.165, 1.54) is 0 Å². The van der Waals surface area contributed by atoms with E-state index in [0.717, 1.165) is 60.4 Å². The molecule has 5 aromatic rings. The molecule has 0 amide bonds. The molecule has 2 heterocycles. The van der Waals surface area contributed by atoms with Crippen LogP contribution in [0.25, 0.3) is 43.7 Å². The molecule has 0 bridgehead atoms. The minimum atomic E-state index is -0.566. The van der Waals surface area contributed by atoms with Crippen molar-refractivity contribution >= 4 is 32.6 Å². The fourth-order valence-corrected chi connectivity index (χ4v) is 5.40. The van der Waals surface area contributed by atoms with E-state index in [2.05, 4.69) is 40.3 Å². The van der Waals surface area contributed by atoms with Crippen molar-refractivity contribution in [1.82, 2.24) is 9.97 Å². The third-order valence-corrected chi connectivity index (χ3v) is 6.61. The van der Waals surface area contributed by atoms with Crippen LogP contribution in [-0.2, 0) is 11.3 Å². The average Bonchev–Trinajstić information content (AvgIpc) is 3.43. The van der Waals surface area contributed by atoms with Crippen LogP contribution < -0.4 is 0 Å². The molecule has 156 valence electrons. The van der Waals surface area contributed by atoms with Crippen molar-refractivity contribution in [2.45, 2.75) is 32.5 Å². The first-order chi connectivity index (χ1) is 15.1. The molecular weight excluding hydrogens is 388 g/mol. The van der Waals surface area contributed by atoms with Crippen molar-refractivity contribution in [2.24, 2.45) is 0 Å². The Morgan fingerprint density at radius 2 is 1.94 bits per heavy atom. The Bertz CT molecular complexity index is 1480. The smallest absolute Gasteiger partial charge is 0.197 e. The van der Waals surface area contributed by atoms with E-state index in [1.54, 1.807) is 0 Å². The number of nitrogens with one attached hydrogen (secondary N) is 2. The van der Waals surface area contributed by atoms with Gasteiger partial charge in [0, 0.05) is 46.0 Å². The van der Waals surface area contributed by atoms with Crippen LogP contribution in [0.15, 0.2) is 48.7 Å².